The molecule has 2 N–H and O–H groups in total. The number of aryl methyl sites for hydroxylation is 1. The highest BCUT2D eigenvalue weighted by molar-refractivity contribution is 5.27. The fourth-order valence-corrected chi connectivity index (χ4v) is 1.77. The van der Waals surface area contributed by atoms with Gasteiger partial charge in [0.05, 0.1) is 6.04 Å². The van der Waals surface area contributed by atoms with Crippen molar-refractivity contribution in [3.63, 3.8) is 0 Å². The maximum atomic E-state index is 13.4. The Balaban J connectivity index is 2.04. The molecule has 0 radical (unpaired) electrons. The summed E-state index contributed by atoms with van der Waals surface area (Å²) in [5.41, 5.74) is 7.95. The van der Waals surface area contributed by atoms with Crippen LogP contribution in [-0.4, -0.2) is 6.61 Å². The topological polar surface area (TPSA) is 35.2 Å². The van der Waals surface area contributed by atoms with Gasteiger partial charge in [-0.1, -0.05) is 35.9 Å². The Kier molecular flexibility index (Phi) is 4.12. The van der Waals surface area contributed by atoms with Crippen LogP contribution in [0.15, 0.2) is 42.5 Å². The predicted molar refractivity (Wildman–Crippen MR) is 70.0 cm³/mol. The molecule has 2 aromatic carbocycles. The summed E-state index contributed by atoms with van der Waals surface area (Å²) < 4.78 is 31.6. The van der Waals surface area contributed by atoms with Gasteiger partial charge in [-0.2, -0.15) is 4.39 Å². The monoisotopic (exact) mass is 263 g/mol. The maximum Gasteiger partial charge on any atom is 0.200 e. The van der Waals surface area contributed by atoms with Crippen molar-refractivity contribution in [2.75, 3.05) is 6.61 Å². The summed E-state index contributed by atoms with van der Waals surface area (Å²) >= 11 is 0. The third-order valence-corrected chi connectivity index (χ3v) is 2.80. The van der Waals surface area contributed by atoms with Gasteiger partial charge >= 0.3 is 0 Å². The van der Waals surface area contributed by atoms with Gasteiger partial charge in [-0.25, -0.2) is 4.39 Å². The Morgan fingerprint density at radius 2 is 1.89 bits per heavy atom. The van der Waals surface area contributed by atoms with Crippen molar-refractivity contribution in [2.24, 2.45) is 5.73 Å². The molecule has 0 saturated heterocycles. The molecule has 0 heterocycles. The molecule has 2 rings (SSSR count). The zero-order chi connectivity index (χ0) is 13.8. The quantitative estimate of drug-likeness (QED) is 0.918. The average molecular weight is 263 g/mol. The molecule has 0 spiro atoms. The van der Waals surface area contributed by atoms with Crippen LogP contribution in [0.2, 0.25) is 0 Å². The summed E-state index contributed by atoms with van der Waals surface area (Å²) in [6.45, 7) is 2.05. The van der Waals surface area contributed by atoms with Gasteiger partial charge in [0.1, 0.15) is 6.61 Å². The van der Waals surface area contributed by atoms with Gasteiger partial charge in [0.2, 0.25) is 5.82 Å². The van der Waals surface area contributed by atoms with Gasteiger partial charge in [0.15, 0.2) is 11.6 Å². The van der Waals surface area contributed by atoms with Crippen molar-refractivity contribution in [2.45, 2.75) is 13.0 Å². The number of hydrogen-bond acceptors (Lipinski definition) is 2. The Morgan fingerprint density at radius 3 is 2.63 bits per heavy atom. The van der Waals surface area contributed by atoms with Gasteiger partial charge in [0, 0.05) is 0 Å². The van der Waals surface area contributed by atoms with E-state index >= 15 is 0 Å². The molecule has 0 fully saturated rings. The van der Waals surface area contributed by atoms with Crippen LogP contribution in [0.4, 0.5) is 8.78 Å². The van der Waals surface area contributed by atoms with Gasteiger partial charge in [0.25, 0.3) is 0 Å². The van der Waals surface area contributed by atoms with Crippen LogP contribution in [0.25, 0.3) is 0 Å². The normalized spacial score (nSPS) is 12.2. The van der Waals surface area contributed by atoms with Crippen LogP contribution < -0.4 is 10.5 Å². The molecule has 0 aromatic heterocycles. The van der Waals surface area contributed by atoms with E-state index in [1.54, 1.807) is 0 Å². The van der Waals surface area contributed by atoms with E-state index in [9.17, 15) is 8.78 Å². The molecule has 0 amide bonds. The van der Waals surface area contributed by atoms with Crippen LogP contribution >= 0.6 is 0 Å². The van der Waals surface area contributed by atoms with Crippen LogP contribution in [0.1, 0.15) is 17.2 Å². The number of nitrogens with two attached hydrogens (primary N) is 1. The highest BCUT2D eigenvalue weighted by Crippen LogP contribution is 2.21. The zero-order valence-corrected chi connectivity index (χ0v) is 10.6. The highest BCUT2D eigenvalue weighted by atomic mass is 19.2. The first-order chi connectivity index (χ1) is 9.08. The lowest BCUT2D eigenvalue weighted by molar-refractivity contribution is 0.272. The van der Waals surface area contributed by atoms with Gasteiger partial charge in [-0.3, -0.25) is 0 Å². The number of hydrogen-bond donors (Lipinski definition) is 1. The van der Waals surface area contributed by atoms with E-state index in [1.165, 1.54) is 12.1 Å². The molecule has 1 atom stereocenters. The number of benzene rings is 2. The minimum Gasteiger partial charge on any atom is -0.488 e. The van der Waals surface area contributed by atoms with E-state index in [4.69, 9.17) is 10.5 Å². The minimum atomic E-state index is -0.987. The summed E-state index contributed by atoms with van der Waals surface area (Å²) in [7, 11) is 0. The Hall–Kier alpha value is -1.94. The Labute approximate surface area is 110 Å². The van der Waals surface area contributed by atoms with Gasteiger partial charge in [-0.15, -0.1) is 0 Å². The summed E-state index contributed by atoms with van der Waals surface area (Å²) in [4.78, 5) is 0. The third-order valence-electron chi connectivity index (χ3n) is 2.80. The van der Waals surface area contributed by atoms with Crippen molar-refractivity contribution >= 4 is 0 Å². The van der Waals surface area contributed by atoms with Crippen LogP contribution in [0, 0.1) is 18.6 Å². The number of ether oxygens (including phenoxy) is 1. The second-order valence-electron chi connectivity index (χ2n) is 4.38. The van der Waals surface area contributed by atoms with Gasteiger partial charge in [-0.05, 0) is 24.6 Å². The second-order valence-corrected chi connectivity index (χ2v) is 4.38. The summed E-state index contributed by atoms with van der Waals surface area (Å²) in [6.07, 6.45) is 0. The Morgan fingerprint density at radius 1 is 1.16 bits per heavy atom. The summed E-state index contributed by atoms with van der Waals surface area (Å²) in [5.74, 6) is -2.04. The molecular weight excluding hydrogens is 248 g/mol. The molecule has 1 unspecified atom stereocenters. The van der Waals surface area contributed by atoms with Crippen LogP contribution in [0.5, 0.6) is 5.75 Å². The third kappa shape index (κ3) is 3.29. The minimum absolute atomic E-state index is 0.0871. The SMILES string of the molecule is Cc1cccc(C(N)COc2cccc(F)c2F)c1. The van der Waals surface area contributed by atoms with E-state index in [0.29, 0.717) is 0 Å². The lowest BCUT2D eigenvalue weighted by atomic mass is 10.1. The molecule has 2 aromatic rings. The molecule has 0 aliphatic carbocycles. The smallest absolute Gasteiger partial charge is 0.200 e. The first-order valence-corrected chi connectivity index (χ1v) is 5.97. The molecule has 0 aliphatic rings. The van der Waals surface area contributed by atoms with Gasteiger partial charge < -0.3 is 10.5 Å². The molecule has 0 aliphatic heterocycles. The number of halogens is 2. The van der Waals surface area contributed by atoms with E-state index in [2.05, 4.69) is 0 Å². The van der Waals surface area contributed by atoms with Crippen molar-refractivity contribution in [1.29, 1.82) is 0 Å². The zero-order valence-electron chi connectivity index (χ0n) is 10.6. The molecule has 0 bridgehead atoms. The molecule has 19 heavy (non-hydrogen) atoms. The first kappa shape index (κ1) is 13.5. The fraction of sp³-hybridized carbons (Fsp3) is 0.200. The van der Waals surface area contributed by atoms with E-state index in [1.807, 2.05) is 31.2 Å². The second kappa shape index (κ2) is 5.80. The standard InChI is InChI=1S/C15H15F2NO/c1-10-4-2-5-11(8-10)13(18)9-19-14-7-3-6-12(16)15(14)17/h2-8,13H,9,18H2,1H3. The largest absolute Gasteiger partial charge is 0.488 e. The van der Waals surface area contributed by atoms with E-state index in [-0.39, 0.29) is 18.4 Å². The molecule has 100 valence electrons. The van der Waals surface area contributed by atoms with E-state index < -0.39 is 11.6 Å². The molecule has 4 heteroatoms. The first-order valence-electron chi connectivity index (χ1n) is 5.97. The van der Waals surface area contributed by atoms with Crippen molar-refractivity contribution < 1.29 is 13.5 Å². The summed E-state index contributed by atoms with van der Waals surface area (Å²) in [5, 5.41) is 0. The number of rotatable bonds is 4. The fourth-order valence-electron chi connectivity index (χ4n) is 1.77. The van der Waals surface area contributed by atoms with Crippen molar-refractivity contribution in [3.8, 4) is 5.75 Å². The summed E-state index contributed by atoms with van der Waals surface area (Å²) in [6, 6.07) is 11.1. The molecular formula is C15H15F2NO. The predicted octanol–water partition coefficient (Wildman–Crippen LogP) is 3.35. The van der Waals surface area contributed by atoms with Crippen LogP contribution in [-0.2, 0) is 0 Å². The van der Waals surface area contributed by atoms with Crippen molar-refractivity contribution in [1.82, 2.24) is 0 Å². The highest BCUT2D eigenvalue weighted by Gasteiger charge is 2.11. The molecule has 0 saturated carbocycles. The van der Waals surface area contributed by atoms with E-state index in [0.717, 1.165) is 17.2 Å². The average Bonchev–Trinajstić information content (AvgIpc) is 2.40. The van der Waals surface area contributed by atoms with Crippen LogP contribution in [0.3, 0.4) is 0 Å². The molecule has 2 nitrogen and oxygen atoms in total. The lowest BCUT2D eigenvalue weighted by Gasteiger charge is -2.14. The maximum absolute atomic E-state index is 13.4. The lowest BCUT2D eigenvalue weighted by Crippen LogP contribution is -2.19. The Bertz CT molecular complexity index is 572. The van der Waals surface area contributed by atoms with Crippen molar-refractivity contribution in [3.05, 3.63) is 65.2 Å².